The molecule has 4 rings (SSSR count). The second-order valence-electron chi connectivity index (χ2n) is 6.57. The molecule has 0 radical (unpaired) electrons. The maximum atomic E-state index is 13.0. The van der Waals surface area contributed by atoms with Crippen molar-refractivity contribution in [2.75, 3.05) is 0 Å². The third-order valence-electron chi connectivity index (χ3n) is 4.64. The lowest BCUT2D eigenvalue weighted by molar-refractivity contribution is 0.571. The van der Waals surface area contributed by atoms with Crippen molar-refractivity contribution in [3.8, 4) is 0 Å². The van der Waals surface area contributed by atoms with Crippen LogP contribution in [-0.2, 0) is 15.6 Å². The summed E-state index contributed by atoms with van der Waals surface area (Å²) in [5, 5.41) is 3.24. The Kier molecular flexibility index (Phi) is 4.77. The van der Waals surface area contributed by atoms with Crippen LogP contribution in [0.5, 0.6) is 0 Å². The fourth-order valence-electron chi connectivity index (χ4n) is 3.33. The van der Waals surface area contributed by atoms with Crippen molar-refractivity contribution in [3.05, 3.63) is 108 Å². The predicted molar refractivity (Wildman–Crippen MR) is 108 cm³/mol. The largest absolute Gasteiger partial charge is 0.351 e. The van der Waals surface area contributed by atoms with Crippen LogP contribution in [-0.4, -0.2) is 13.6 Å². The van der Waals surface area contributed by atoms with E-state index in [1.807, 2.05) is 91.0 Å². The van der Waals surface area contributed by atoms with Crippen molar-refractivity contribution < 1.29 is 8.42 Å². The predicted octanol–water partition coefficient (Wildman–Crippen LogP) is 4.04. The first-order valence-corrected chi connectivity index (χ1v) is 10.5. The minimum atomic E-state index is -3.56. The zero-order chi connectivity index (χ0) is 18.7. The molecule has 2 unspecified atom stereocenters. The fraction of sp³-hybridized carbons (Fsp3) is 0.136. The summed E-state index contributed by atoms with van der Waals surface area (Å²) < 4.78 is 25.9. The average molecular weight is 376 g/mol. The molecular weight excluding hydrogens is 356 g/mol. The van der Waals surface area contributed by atoms with Crippen LogP contribution < -0.4 is 5.32 Å². The molecule has 27 heavy (non-hydrogen) atoms. The molecule has 0 bridgehead atoms. The van der Waals surface area contributed by atoms with E-state index in [9.17, 15) is 8.42 Å². The molecule has 1 aliphatic rings. The molecule has 136 valence electrons. The highest BCUT2D eigenvalue weighted by Gasteiger charge is 2.36. The third kappa shape index (κ3) is 3.78. The number of rotatable bonds is 4. The Bertz CT molecular complexity index is 1030. The van der Waals surface area contributed by atoms with Gasteiger partial charge >= 0.3 is 0 Å². The first kappa shape index (κ1) is 17.5. The smallest absolute Gasteiger partial charge is 0.217 e. The van der Waals surface area contributed by atoms with Crippen molar-refractivity contribution in [3.63, 3.8) is 0 Å². The summed E-state index contributed by atoms with van der Waals surface area (Å²) in [4.78, 5) is 4.60. The van der Waals surface area contributed by atoms with Crippen LogP contribution in [0.15, 0.2) is 96.0 Å². The molecule has 0 amide bonds. The lowest BCUT2D eigenvalue weighted by Crippen LogP contribution is -2.31. The van der Waals surface area contributed by atoms with E-state index in [-0.39, 0.29) is 23.0 Å². The summed E-state index contributed by atoms with van der Waals surface area (Å²) in [6, 6.07) is 28.3. The second kappa shape index (κ2) is 7.37. The van der Waals surface area contributed by atoms with E-state index in [1.54, 1.807) is 0 Å². The number of hydrogen-bond acceptors (Lipinski definition) is 4. The van der Waals surface area contributed by atoms with Gasteiger partial charge in [0.25, 0.3) is 0 Å². The molecule has 0 fully saturated rings. The molecule has 0 spiro atoms. The van der Waals surface area contributed by atoms with E-state index in [4.69, 9.17) is 0 Å². The molecule has 1 N–H and O–H groups in total. The minimum absolute atomic E-state index is 0.0639. The van der Waals surface area contributed by atoms with Crippen LogP contribution in [0.25, 0.3) is 0 Å². The van der Waals surface area contributed by atoms with Gasteiger partial charge in [0.1, 0.15) is 6.04 Å². The highest BCUT2D eigenvalue weighted by molar-refractivity contribution is 8.05. The SMILES string of the molecule is O=S(=O)(Cc1ccccc1)C1=NC(c2ccccc2)C(c2ccccc2)N1. The summed E-state index contributed by atoms with van der Waals surface area (Å²) in [6.45, 7) is 0. The van der Waals surface area contributed by atoms with E-state index >= 15 is 0 Å². The standard InChI is InChI=1S/C22H20N2O2S/c25-27(26,16-17-10-4-1-5-11-17)22-23-20(18-12-6-2-7-13-18)21(24-22)19-14-8-3-9-15-19/h1-15,20-21H,16H2,(H,23,24). The average Bonchev–Trinajstić information content (AvgIpc) is 3.16. The molecule has 5 heteroatoms. The highest BCUT2D eigenvalue weighted by Crippen LogP contribution is 2.36. The molecule has 1 aliphatic heterocycles. The summed E-state index contributed by atoms with van der Waals surface area (Å²) >= 11 is 0. The number of benzene rings is 3. The van der Waals surface area contributed by atoms with Gasteiger partial charge in [-0.25, -0.2) is 13.4 Å². The Morgan fingerprint density at radius 1 is 0.741 bits per heavy atom. The number of nitrogens with one attached hydrogen (secondary N) is 1. The third-order valence-corrected chi connectivity index (χ3v) is 6.17. The molecule has 3 aromatic carbocycles. The van der Waals surface area contributed by atoms with Crippen LogP contribution in [0.3, 0.4) is 0 Å². The first-order valence-electron chi connectivity index (χ1n) is 8.84. The monoisotopic (exact) mass is 376 g/mol. The summed E-state index contributed by atoms with van der Waals surface area (Å²) in [5.41, 5.74) is 2.75. The maximum Gasteiger partial charge on any atom is 0.217 e. The maximum absolute atomic E-state index is 13.0. The van der Waals surface area contributed by atoms with Crippen molar-refractivity contribution >= 4 is 15.0 Å². The summed E-state index contributed by atoms with van der Waals surface area (Å²) in [7, 11) is -3.56. The highest BCUT2D eigenvalue weighted by atomic mass is 32.2. The van der Waals surface area contributed by atoms with Gasteiger partial charge in [-0.1, -0.05) is 91.0 Å². The number of nitrogens with zero attached hydrogens (tertiary/aromatic N) is 1. The number of hydrogen-bond donors (Lipinski definition) is 1. The van der Waals surface area contributed by atoms with E-state index < -0.39 is 9.84 Å². The first-order chi connectivity index (χ1) is 13.1. The topological polar surface area (TPSA) is 58.5 Å². The van der Waals surface area contributed by atoms with E-state index in [0.29, 0.717) is 0 Å². The van der Waals surface area contributed by atoms with Gasteiger partial charge < -0.3 is 5.32 Å². The van der Waals surface area contributed by atoms with Crippen LogP contribution >= 0.6 is 0 Å². The van der Waals surface area contributed by atoms with Gasteiger partial charge in [-0.2, -0.15) is 0 Å². The van der Waals surface area contributed by atoms with Crippen molar-refractivity contribution in [2.24, 2.45) is 4.99 Å². The number of sulfone groups is 1. The Morgan fingerprint density at radius 2 is 1.26 bits per heavy atom. The van der Waals surface area contributed by atoms with Crippen molar-refractivity contribution in [1.82, 2.24) is 5.32 Å². The summed E-state index contributed by atoms with van der Waals surface area (Å²) in [6.07, 6.45) is 0. The Hall–Kier alpha value is -2.92. The molecule has 4 nitrogen and oxygen atoms in total. The van der Waals surface area contributed by atoms with Gasteiger partial charge in [0.2, 0.25) is 15.0 Å². The molecular formula is C22H20N2O2S. The molecule has 1 heterocycles. The van der Waals surface area contributed by atoms with Crippen LogP contribution in [0.4, 0.5) is 0 Å². The van der Waals surface area contributed by atoms with E-state index in [2.05, 4.69) is 10.3 Å². The molecule has 0 aromatic heterocycles. The van der Waals surface area contributed by atoms with E-state index in [1.165, 1.54) is 0 Å². The molecule has 0 saturated heterocycles. The normalized spacial score (nSPS) is 19.3. The van der Waals surface area contributed by atoms with Gasteiger partial charge in [-0.3, -0.25) is 0 Å². The van der Waals surface area contributed by atoms with Gasteiger partial charge in [0.05, 0.1) is 11.8 Å². The van der Waals surface area contributed by atoms with E-state index in [0.717, 1.165) is 16.7 Å². The second-order valence-corrected chi connectivity index (χ2v) is 8.47. The van der Waals surface area contributed by atoms with Gasteiger partial charge in [-0.15, -0.1) is 0 Å². The molecule has 2 atom stereocenters. The quantitative estimate of drug-likeness (QED) is 0.747. The van der Waals surface area contributed by atoms with Crippen LogP contribution in [0.1, 0.15) is 28.8 Å². The van der Waals surface area contributed by atoms with Crippen LogP contribution in [0.2, 0.25) is 0 Å². The summed E-state index contributed by atoms with van der Waals surface area (Å²) in [5.74, 6) is -0.0668. The van der Waals surface area contributed by atoms with Gasteiger partial charge in [-0.05, 0) is 16.7 Å². The van der Waals surface area contributed by atoms with Crippen LogP contribution in [0, 0.1) is 0 Å². The fourth-order valence-corrected chi connectivity index (χ4v) is 4.67. The Morgan fingerprint density at radius 3 is 1.85 bits per heavy atom. The lowest BCUT2D eigenvalue weighted by Gasteiger charge is -2.19. The van der Waals surface area contributed by atoms with Crippen molar-refractivity contribution in [2.45, 2.75) is 17.8 Å². The minimum Gasteiger partial charge on any atom is -0.351 e. The lowest BCUT2D eigenvalue weighted by atomic mass is 9.95. The molecule has 0 saturated carbocycles. The molecule has 3 aromatic rings. The Balaban J connectivity index is 1.69. The number of amidine groups is 1. The zero-order valence-electron chi connectivity index (χ0n) is 14.7. The zero-order valence-corrected chi connectivity index (χ0v) is 15.5. The van der Waals surface area contributed by atoms with Gasteiger partial charge in [0, 0.05) is 0 Å². The Labute approximate surface area is 159 Å². The molecule has 0 aliphatic carbocycles. The number of aliphatic imine (C=N–C) groups is 1. The van der Waals surface area contributed by atoms with Gasteiger partial charge in [0.15, 0.2) is 0 Å². The van der Waals surface area contributed by atoms with Crippen molar-refractivity contribution in [1.29, 1.82) is 0 Å².